The minimum atomic E-state index is 0.658. The highest BCUT2D eigenvalue weighted by atomic mass is 15.1. The van der Waals surface area contributed by atoms with Gasteiger partial charge in [-0.05, 0) is 44.3 Å². The molecule has 0 radical (unpaired) electrons. The highest BCUT2D eigenvalue weighted by Gasteiger charge is 2.36. The Bertz CT molecular complexity index is 154. The third-order valence-electron chi connectivity index (χ3n) is 3.69. The predicted molar refractivity (Wildman–Crippen MR) is 54.6 cm³/mol. The topological polar surface area (TPSA) is 41.3 Å². The van der Waals surface area contributed by atoms with Gasteiger partial charge in [-0.15, -0.1) is 0 Å². The van der Waals surface area contributed by atoms with Crippen LogP contribution in [-0.4, -0.2) is 44.2 Å². The van der Waals surface area contributed by atoms with Crippen LogP contribution in [0.15, 0.2) is 0 Å². The quantitative estimate of drug-likeness (QED) is 0.634. The standard InChI is InChI=1S/C10H21N3/c11-4-8-13-6-2-10(3-7-13)1-5-12-9-10/h12H,1-9,11H2. The Morgan fingerprint density at radius 1 is 1.23 bits per heavy atom. The van der Waals surface area contributed by atoms with E-state index in [2.05, 4.69) is 10.2 Å². The van der Waals surface area contributed by atoms with Crippen molar-refractivity contribution in [2.24, 2.45) is 11.1 Å². The van der Waals surface area contributed by atoms with E-state index in [9.17, 15) is 0 Å². The molecule has 0 saturated carbocycles. The molecular weight excluding hydrogens is 162 g/mol. The average Bonchev–Trinajstić information content (AvgIpc) is 2.59. The normalized spacial score (nSPS) is 28.4. The Labute approximate surface area is 80.7 Å². The second-order valence-corrected chi connectivity index (χ2v) is 4.56. The molecule has 3 N–H and O–H groups in total. The first-order chi connectivity index (χ1) is 6.35. The van der Waals surface area contributed by atoms with Crippen molar-refractivity contribution in [2.45, 2.75) is 19.3 Å². The van der Waals surface area contributed by atoms with Crippen LogP contribution in [-0.2, 0) is 0 Å². The summed E-state index contributed by atoms with van der Waals surface area (Å²) in [5.74, 6) is 0. The lowest BCUT2D eigenvalue weighted by Gasteiger charge is -2.38. The van der Waals surface area contributed by atoms with Gasteiger partial charge in [0.15, 0.2) is 0 Å². The fourth-order valence-electron chi connectivity index (χ4n) is 2.66. The van der Waals surface area contributed by atoms with E-state index in [0.717, 1.165) is 13.1 Å². The number of hydrogen-bond acceptors (Lipinski definition) is 3. The molecule has 0 aromatic heterocycles. The molecule has 3 heteroatoms. The molecule has 2 aliphatic rings. The zero-order chi connectivity index (χ0) is 9.15. The van der Waals surface area contributed by atoms with Crippen LogP contribution < -0.4 is 11.1 Å². The van der Waals surface area contributed by atoms with Crippen molar-refractivity contribution >= 4 is 0 Å². The molecule has 0 unspecified atom stereocenters. The summed E-state index contributed by atoms with van der Waals surface area (Å²) in [6.07, 6.45) is 4.14. The van der Waals surface area contributed by atoms with Crippen LogP contribution in [0.4, 0.5) is 0 Å². The minimum Gasteiger partial charge on any atom is -0.329 e. The molecule has 0 aliphatic carbocycles. The second-order valence-electron chi connectivity index (χ2n) is 4.56. The Morgan fingerprint density at radius 2 is 2.00 bits per heavy atom. The molecule has 2 fully saturated rings. The summed E-state index contributed by atoms with van der Waals surface area (Å²) >= 11 is 0. The first-order valence-electron chi connectivity index (χ1n) is 5.48. The number of likely N-dealkylation sites (tertiary alicyclic amines) is 1. The van der Waals surface area contributed by atoms with E-state index in [4.69, 9.17) is 5.73 Å². The summed E-state index contributed by atoms with van der Waals surface area (Å²) in [7, 11) is 0. The number of nitrogens with one attached hydrogen (secondary N) is 1. The second kappa shape index (κ2) is 3.95. The van der Waals surface area contributed by atoms with Crippen LogP contribution in [0.25, 0.3) is 0 Å². The molecule has 2 aliphatic heterocycles. The lowest BCUT2D eigenvalue weighted by atomic mass is 9.78. The summed E-state index contributed by atoms with van der Waals surface area (Å²) in [6, 6.07) is 0. The Hall–Kier alpha value is -0.120. The van der Waals surface area contributed by atoms with Gasteiger partial charge in [-0.25, -0.2) is 0 Å². The maximum Gasteiger partial charge on any atom is 0.0105 e. The first kappa shape index (κ1) is 9.44. The van der Waals surface area contributed by atoms with Crippen molar-refractivity contribution in [1.82, 2.24) is 10.2 Å². The van der Waals surface area contributed by atoms with Crippen molar-refractivity contribution in [1.29, 1.82) is 0 Å². The molecule has 76 valence electrons. The lowest BCUT2D eigenvalue weighted by molar-refractivity contribution is 0.121. The van der Waals surface area contributed by atoms with Gasteiger partial charge < -0.3 is 16.0 Å². The first-order valence-corrected chi connectivity index (χ1v) is 5.48. The molecule has 1 spiro atoms. The van der Waals surface area contributed by atoms with Crippen molar-refractivity contribution < 1.29 is 0 Å². The average molecular weight is 183 g/mol. The van der Waals surface area contributed by atoms with E-state index in [1.807, 2.05) is 0 Å². The van der Waals surface area contributed by atoms with Gasteiger partial charge in [0.25, 0.3) is 0 Å². The Balaban J connectivity index is 1.81. The number of nitrogens with zero attached hydrogens (tertiary/aromatic N) is 1. The molecule has 13 heavy (non-hydrogen) atoms. The SMILES string of the molecule is NCCN1CCC2(CCNC2)CC1. The largest absolute Gasteiger partial charge is 0.329 e. The monoisotopic (exact) mass is 183 g/mol. The number of piperidine rings is 1. The van der Waals surface area contributed by atoms with Crippen LogP contribution in [0.1, 0.15) is 19.3 Å². The van der Waals surface area contributed by atoms with Crippen LogP contribution in [0.5, 0.6) is 0 Å². The summed E-state index contributed by atoms with van der Waals surface area (Å²) in [6.45, 7) is 6.91. The van der Waals surface area contributed by atoms with Gasteiger partial charge in [-0.2, -0.15) is 0 Å². The zero-order valence-electron chi connectivity index (χ0n) is 8.39. The highest BCUT2D eigenvalue weighted by molar-refractivity contribution is 4.92. The van der Waals surface area contributed by atoms with E-state index >= 15 is 0 Å². The summed E-state index contributed by atoms with van der Waals surface area (Å²) < 4.78 is 0. The van der Waals surface area contributed by atoms with Gasteiger partial charge in [0.2, 0.25) is 0 Å². The predicted octanol–water partition coefficient (Wildman–Crippen LogP) is 0.0206. The molecule has 2 rings (SSSR count). The van der Waals surface area contributed by atoms with Gasteiger partial charge >= 0.3 is 0 Å². The Morgan fingerprint density at radius 3 is 2.54 bits per heavy atom. The summed E-state index contributed by atoms with van der Waals surface area (Å²) in [4.78, 5) is 2.50. The molecule has 2 saturated heterocycles. The maximum absolute atomic E-state index is 5.55. The van der Waals surface area contributed by atoms with Crippen molar-refractivity contribution in [2.75, 3.05) is 39.3 Å². The molecule has 0 atom stereocenters. The fraction of sp³-hybridized carbons (Fsp3) is 1.00. The molecule has 0 amide bonds. The number of nitrogens with two attached hydrogens (primary N) is 1. The number of hydrogen-bond donors (Lipinski definition) is 2. The third kappa shape index (κ3) is 2.03. The van der Waals surface area contributed by atoms with Gasteiger partial charge in [0, 0.05) is 19.6 Å². The summed E-state index contributed by atoms with van der Waals surface area (Å²) in [5.41, 5.74) is 6.21. The van der Waals surface area contributed by atoms with E-state index in [1.54, 1.807) is 0 Å². The molecule has 0 aromatic rings. The van der Waals surface area contributed by atoms with Crippen LogP contribution in [0, 0.1) is 5.41 Å². The zero-order valence-corrected chi connectivity index (χ0v) is 8.39. The third-order valence-corrected chi connectivity index (χ3v) is 3.69. The van der Waals surface area contributed by atoms with E-state index in [-0.39, 0.29) is 0 Å². The van der Waals surface area contributed by atoms with Crippen LogP contribution in [0.2, 0.25) is 0 Å². The minimum absolute atomic E-state index is 0.658. The highest BCUT2D eigenvalue weighted by Crippen LogP contribution is 2.36. The van der Waals surface area contributed by atoms with Gasteiger partial charge in [0.1, 0.15) is 0 Å². The van der Waals surface area contributed by atoms with E-state index in [0.29, 0.717) is 5.41 Å². The fourth-order valence-corrected chi connectivity index (χ4v) is 2.66. The molecule has 3 nitrogen and oxygen atoms in total. The number of rotatable bonds is 2. The smallest absolute Gasteiger partial charge is 0.0105 e. The van der Waals surface area contributed by atoms with E-state index < -0.39 is 0 Å². The molecular formula is C10H21N3. The molecule has 0 aromatic carbocycles. The summed E-state index contributed by atoms with van der Waals surface area (Å²) in [5, 5.41) is 3.49. The van der Waals surface area contributed by atoms with Gasteiger partial charge in [-0.1, -0.05) is 0 Å². The molecule has 2 heterocycles. The van der Waals surface area contributed by atoms with Crippen molar-refractivity contribution in [3.05, 3.63) is 0 Å². The van der Waals surface area contributed by atoms with Crippen LogP contribution >= 0.6 is 0 Å². The van der Waals surface area contributed by atoms with Gasteiger partial charge in [0.05, 0.1) is 0 Å². The Kier molecular flexibility index (Phi) is 2.86. The van der Waals surface area contributed by atoms with Crippen molar-refractivity contribution in [3.8, 4) is 0 Å². The maximum atomic E-state index is 5.55. The lowest BCUT2D eigenvalue weighted by Crippen LogP contribution is -2.42. The van der Waals surface area contributed by atoms with Gasteiger partial charge in [-0.3, -0.25) is 0 Å². The van der Waals surface area contributed by atoms with Crippen LogP contribution in [0.3, 0.4) is 0 Å². The van der Waals surface area contributed by atoms with Crippen molar-refractivity contribution in [3.63, 3.8) is 0 Å². The van der Waals surface area contributed by atoms with E-state index in [1.165, 1.54) is 45.4 Å². The molecule has 0 bridgehead atoms.